The number of aryl methyl sites for hydroxylation is 1. The number of amides is 2. The van der Waals surface area contributed by atoms with Crippen molar-refractivity contribution >= 4 is 21.8 Å². The summed E-state index contributed by atoms with van der Waals surface area (Å²) in [7, 11) is -0.968. The molecule has 0 saturated carbocycles. The minimum Gasteiger partial charge on any atom is -0.496 e. The number of carbonyl (C=O) groups excluding carboxylic acids is 2. The van der Waals surface area contributed by atoms with Crippen molar-refractivity contribution in [1.82, 2.24) is 14.9 Å². The highest BCUT2D eigenvalue weighted by Crippen LogP contribution is 2.26. The Kier molecular flexibility index (Phi) is 5.98. The van der Waals surface area contributed by atoms with Crippen molar-refractivity contribution in [3.63, 3.8) is 0 Å². The van der Waals surface area contributed by atoms with Crippen LogP contribution >= 0.6 is 0 Å². The van der Waals surface area contributed by atoms with Crippen LogP contribution in [0.4, 0.5) is 0 Å². The second kappa shape index (κ2) is 7.81. The molecule has 138 valence electrons. The maximum absolute atomic E-state index is 12.8. The van der Waals surface area contributed by atoms with Crippen molar-refractivity contribution in [2.45, 2.75) is 18.0 Å². The van der Waals surface area contributed by atoms with Gasteiger partial charge in [0.1, 0.15) is 12.0 Å². The summed E-state index contributed by atoms with van der Waals surface area (Å²) < 4.78 is 37.4. The number of ether oxygens (including phenoxy) is 2. The molecule has 1 saturated heterocycles. The van der Waals surface area contributed by atoms with Crippen LogP contribution in [0.2, 0.25) is 0 Å². The van der Waals surface area contributed by atoms with Gasteiger partial charge in [-0.2, -0.15) is 4.31 Å². The lowest BCUT2D eigenvalue weighted by Gasteiger charge is -2.23. The molecular formula is C15H21N3O6S. The van der Waals surface area contributed by atoms with E-state index in [0.717, 1.165) is 0 Å². The quantitative estimate of drug-likeness (QED) is 0.656. The van der Waals surface area contributed by atoms with Crippen LogP contribution in [-0.4, -0.2) is 64.6 Å². The normalized spacial score (nSPS) is 18.0. The molecule has 9 nitrogen and oxygen atoms in total. The molecule has 0 spiro atoms. The van der Waals surface area contributed by atoms with Gasteiger partial charge < -0.3 is 20.1 Å². The van der Waals surface area contributed by atoms with Crippen molar-refractivity contribution in [2.75, 3.05) is 33.9 Å². The number of sulfonamides is 1. The van der Waals surface area contributed by atoms with Crippen LogP contribution in [0, 0.1) is 6.92 Å². The molecule has 1 atom stereocenters. The number of hydrogen-bond acceptors (Lipinski definition) is 6. The average molecular weight is 371 g/mol. The summed E-state index contributed by atoms with van der Waals surface area (Å²) in [6.45, 7) is 1.99. The van der Waals surface area contributed by atoms with Crippen molar-refractivity contribution in [2.24, 2.45) is 0 Å². The number of hydrogen-bond donors (Lipinski definition) is 2. The smallest absolute Gasteiger partial charge is 0.309 e. The van der Waals surface area contributed by atoms with E-state index in [1.54, 1.807) is 13.0 Å². The van der Waals surface area contributed by atoms with Crippen LogP contribution in [0.25, 0.3) is 0 Å². The topological polar surface area (TPSA) is 114 Å². The molecule has 1 aliphatic heterocycles. The molecular weight excluding hydrogens is 350 g/mol. The minimum atomic E-state index is -3.81. The van der Waals surface area contributed by atoms with Crippen molar-refractivity contribution < 1.29 is 27.5 Å². The molecule has 0 bridgehead atoms. The van der Waals surface area contributed by atoms with E-state index >= 15 is 0 Å². The lowest BCUT2D eigenvalue weighted by Crippen LogP contribution is -2.46. The van der Waals surface area contributed by atoms with Crippen LogP contribution in [-0.2, 0) is 24.3 Å². The van der Waals surface area contributed by atoms with E-state index in [1.807, 2.05) is 0 Å². The number of rotatable bonds is 5. The maximum Gasteiger partial charge on any atom is 0.309 e. The number of nitrogens with zero attached hydrogens (tertiary/aromatic N) is 1. The molecule has 10 heteroatoms. The fraction of sp³-hybridized carbons (Fsp3) is 0.467. The first kappa shape index (κ1) is 19.2. The van der Waals surface area contributed by atoms with Crippen molar-refractivity contribution in [1.29, 1.82) is 0 Å². The highest BCUT2D eigenvalue weighted by molar-refractivity contribution is 7.89. The zero-order valence-electron chi connectivity index (χ0n) is 14.2. The summed E-state index contributed by atoms with van der Waals surface area (Å²) in [5.74, 6) is -1.07. The number of likely N-dealkylation sites (N-methyl/N-ethyl adjacent to an activating group) is 1. The van der Waals surface area contributed by atoms with Gasteiger partial charge in [-0.25, -0.2) is 8.42 Å². The molecule has 1 aliphatic rings. The summed E-state index contributed by atoms with van der Waals surface area (Å²) in [5.41, 5.74) is 0.688. The van der Waals surface area contributed by atoms with Gasteiger partial charge in [0.05, 0.1) is 25.2 Å². The fourth-order valence-electron chi connectivity index (χ4n) is 2.46. The Morgan fingerprint density at radius 3 is 2.68 bits per heavy atom. The fourth-order valence-corrected chi connectivity index (χ4v) is 4.06. The number of nitrogens with one attached hydrogen (secondary N) is 2. The molecule has 0 aromatic heterocycles. The first-order chi connectivity index (χ1) is 11.8. The molecule has 1 unspecified atom stereocenters. The van der Waals surface area contributed by atoms with Gasteiger partial charge in [-0.05, 0) is 30.7 Å². The first-order valence-electron chi connectivity index (χ1n) is 7.59. The molecule has 1 aromatic rings. The van der Waals surface area contributed by atoms with E-state index < -0.39 is 28.1 Å². The predicted octanol–water partition coefficient (Wildman–Crippen LogP) is -0.787. The lowest BCUT2D eigenvalue weighted by molar-refractivity contribution is -0.139. The van der Waals surface area contributed by atoms with Gasteiger partial charge in [0, 0.05) is 13.6 Å². The Balaban J connectivity index is 2.16. The average Bonchev–Trinajstić information content (AvgIpc) is 3.08. The third kappa shape index (κ3) is 4.09. The largest absolute Gasteiger partial charge is 0.496 e. The SMILES string of the molecule is CNC(=O)C(=O)NCC1OCCN1S(=O)(=O)c1ccc(OC)c(C)c1. The Hall–Kier alpha value is -2.17. The highest BCUT2D eigenvalue weighted by Gasteiger charge is 2.36. The van der Waals surface area contributed by atoms with Gasteiger partial charge in [0.2, 0.25) is 10.0 Å². The third-order valence-electron chi connectivity index (χ3n) is 3.79. The molecule has 2 amide bonds. The number of methoxy groups -OCH3 is 1. The Morgan fingerprint density at radius 1 is 1.36 bits per heavy atom. The molecule has 2 N–H and O–H groups in total. The Labute approximate surface area is 146 Å². The van der Waals surface area contributed by atoms with E-state index in [2.05, 4.69) is 10.6 Å². The standard InChI is InChI=1S/C15H21N3O6S/c1-10-8-11(4-5-12(10)23-3)25(21,22)18-6-7-24-13(18)9-17-15(20)14(19)16-2/h4-5,8,13H,6-7,9H2,1-3H3,(H,16,19)(H,17,20). The summed E-state index contributed by atoms with van der Waals surface area (Å²) in [5, 5.41) is 4.55. The molecule has 1 fully saturated rings. The summed E-state index contributed by atoms with van der Waals surface area (Å²) in [6, 6.07) is 4.56. The first-order valence-corrected chi connectivity index (χ1v) is 9.03. The van der Waals surface area contributed by atoms with Crippen LogP contribution in [0.5, 0.6) is 5.75 Å². The second-order valence-corrected chi connectivity index (χ2v) is 7.25. The van der Waals surface area contributed by atoms with Crippen molar-refractivity contribution in [3.8, 4) is 5.75 Å². The second-order valence-electron chi connectivity index (χ2n) is 5.36. The number of benzene rings is 1. The molecule has 0 aliphatic carbocycles. The van der Waals surface area contributed by atoms with E-state index in [1.165, 1.54) is 30.6 Å². The van der Waals surface area contributed by atoms with Gasteiger partial charge in [0.15, 0.2) is 0 Å². The summed E-state index contributed by atoms with van der Waals surface area (Å²) >= 11 is 0. The van der Waals surface area contributed by atoms with Crippen LogP contribution in [0.15, 0.2) is 23.1 Å². The van der Waals surface area contributed by atoms with Crippen LogP contribution < -0.4 is 15.4 Å². The Morgan fingerprint density at radius 2 is 2.08 bits per heavy atom. The van der Waals surface area contributed by atoms with Gasteiger partial charge in [0.25, 0.3) is 0 Å². The monoisotopic (exact) mass is 371 g/mol. The number of carbonyl (C=O) groups is 2. The maximum atomic E-state index is 12.8. The zero-order valence-corrected chi connectivity index (χ0v) is 15.1. The molecule has 1 heterocycles. The molecule has 0 radical (unpaired) electrons. The van der Waals surface area contributed by atoms with E-state index in [4.69, 9.17) is 9.47 Å². The zero-order chi connectivity index (χ0) is 18.6. The third-order valence-corrected chi connectivity index (χ3v) is 5.67. The van der Waals surface area contributed by atoms with E-state index in [0.29, 0.717) is 11.3 Å². The molecule has 2 rings (SSSR count). The van der Waals surface area contributed by atoms with Gasteiger partial charge >= 0.3 is 11.8 Å². The van der Waals surface area contributed by atoms with Gasteiger partial charge in [-0.15, -0.1) is 0 Å². The van der Waals surface area contributed by atoms with E-state index in [-0.39, 0.29) is 24.6 Å². The predicted molar refractivity (Wildman–Crippen MR) is 88.4 cm³/mol. The summed E-state index contributed by atoms with van der Waals surface area (Å²) in [6.07, 6.45) is -0.874. The highest BCUT2D eigenvalue weighted by atomic mass is 32.2. The van der Waals surface area contributed by atoms with E-state index in [9.17, 15) is 18.0 Å². The Bertz CT molecular complexity index is 765. The lowest BCUT2D eigenvalue weighted by atomic mass is 10.2. The van der Waals surface area contributed by atoms with Crippen molar-refractivity contribution in [3.05, 3.63) is 23.8 Å². The van der Waals surface area contributed by atoms with Crippen LogP contribution in [0.3, 0.4) is 0 Å². The molecule has 25 heavy (non-hydrogen) atoms. The van der Waals surface area contributed by atoms with Crippen LogP contribution in [0.1, 0.15) is 5.56 Å². The molecule has 1 aromatic carbocycles. The van der Waals surface area contributed by atoms with Gasteiger partial charge in [-0.1, -0.05) is 0 Å². The minimum absolute atomic E-state index is 0.110. The summed E-state index contributed by atoms with van der Waals surface area (Å²) in [4.78, 5) is 22.8. The van der Waals surface area contributed by atoms with Gasteiger partial charge in [-0.3, -0.25) is 9.59 Å².